The Labute approximate surface area is 194 Å². The van der Waals surface area contributed by atoms with Crippen molar-refractivity contribution < 1.29 is 41.6 Å². The summed E-state index contributed by atoms with van der Waals surface area (Å²) in [6.07, 6.45) is 0. The first kappa shape index (κ1) is 26.2. The van der Waals surface area contributed by atoms with E-state index < -0.39 is 21.5 Å². The second-order valence-corrected chi connectivity index (χ2v) is 8.78. The summed E-state index contributed by atoms with van der Waals surface area (Å²) in [5.41, 5.74) is 2.89. The zero-order chi connectivity index (χ0) is 24.3. The molecule has 0 heterocycles. The Bertz CT molecular complexity index is 1090. The van der Waals surface area contributed by atoms with Crippen molar-refractivity contribution in [3.8, 4) is 5.75 Å². The van der Waals surface area contributed by atoms with Crippen molar-refractivity contribution in [3.05, 3.63) is 48.5 Å². The molecule has 0 atom stereocenters. The van der Waals surface area contributed by atoms with Gasteiger partial charge < -0.3 is 10.1 Å². The third-order valence-corrected chi connectivity index (χ3v) is 6.03. The van der Waals surface area contributed by atoms with Gasteiger partial charge in [-0.25, -0.2) is 13.7 Å². The number of rotatable bonds is 13. The number of hydrogen-bond acceptors (Lipinski definition) is 12. The molecule has 33 heavy (non-hydrogen) atoms. The Balaban J connectivity index is 2.05. The van der Waals surface area contributed by atoms with Crippen molar-refractivity contribution in [1.82, 2.24) is 0 Å². The highest BCUT2D eigenvalue weighted by Crippen LogP contribution is 2.23. The minimum atomic E-state index is -3.65. The van der Waals surface area contributed by atoms with E-state index >= 15 is 0 Å². The third kappa shape index (κ3) is 8.12. The number of carbonyl (C=O) groups is 2. The molecule has 0 radical (unpaired) electrons. The molecule has 0 aliphatic heterocycles. The van der Waals surface area contributed by atoms with Crippen LogP contribution in [0.3, 0.4) is 0 Å². The fourth-order valence-corrected chi connectivity index (χ4v) is 3.81. The SMILES string of the molecule is COc1ccccc1NC(=O)/C(=N/Nc1ccc(S(=O)(=O)CCOSOOO)cc1)C(C)=O. The van der Waals surface area contributed by atoms with E-state index in [-0.39, 0.29) is 35.3 Å². The maximum atomic E-state index is 12.5. The van der Waals surface area contributed by atoms with Gasteiger partial charge in [0.05, 0.1) is 35.7 Å². The maximum Gasteiger partial charge on any atom is 0.279 e. The van der Waals surface area contributed by atoms with Crippen LogP contribution in [-0.4, -0.2) is 50.5 Å². The summed E-state index contributed by atoms with van der Waals surface area (Å²) in [7, 11) is -2.21. The highest BCUT2D eigenvalue weighted by molar-refractivity contribution is 7.91. The van der Waals surface area contributed by atoms with Crippen molar-refractivity contribution in [2.75, 3.05) is 30.2 Å². The summed E-state index contributed by atoms with van der Waals surface area (Å²) in [6.45, 7) is 0.972. The largest absolute Gasteiger partial charge is 0.495 e. The number of carbonyl (C=O) groups excluding carboxylic acids is 2. The van der Waals surface area contributed by atoms with Gasteiger partial charge in [-0.1, -0.05) is 17.2 Å². The van der Waals surface area contributed by atoms with Gasteiger partial charge in [0.25, 0.3) is 5.91 Å². The normalized spacial score (nSPS) is 11.7. The summed E-state index contributed by atoms with van der Waals surface area (Å²) < 4.78 is 38.4. The highest BCUT2D eigenvalue weighted by atomic mass is 32.2. The lowest BCUT2D eigenvalue weighted by atomic mass is 10.2. The predicted molar refractivity (Wildman–Crippen MR) is 120 cm³/mol. The number of methoxy groups -OCH3 is 1. The molecule has 0 fully saturated rings. The second kappa shape index (κ2) is 12.9. The number of sulfone groups is 1. The summed E-state index contributed by atoms with van der Waals surface area (Å²) in [4.78, 5) is 24.4. The van der Waals surface area contributed by atoms with Crippen LogP contribution in [0.5, 0.6) is 5.75 Å². The first-order chi connectivity index (χ1) is 15.8. The zero-order valence-corrected chi connectivity index (χ0v) is 19.1. The van der Waals surface area contributed by atoms with Gasteiger partial charge >= 0.3 is 0 Å². The van der Waals surface area contributed by atoms with Crippen molar-refractivity contribution in [1.29, 1.82) is 0 Å². The molecular weight excluding hydrogens is 478 g/mol. The van der Waals surface area contributed by atoms with Gasteiger partial charge in [-0.05, 0) is 36.4 Å². The Morgan fingerprint density at radius 1 is 1.12 bits per heavy atom. The Morgan fingerprint density at radius 2 is 1.82 bits per heavy atom. The molecule has 1 amide bonds. The van der Waals surface area contributed by atoms with Gasteiger partial charge in [0.15, 0.2) is 33.7 Å². The summed E-state index contributed by atoms with van der Waals surface area (Å²) >= 11 is 0.279. The number of amides is 1. The second-order valence-electron chi connectivity index (χ2n) is 6.16. The molecule has 3 N–H and O–H groups in total. The van der Waals surface area contributed by atoms with Crippen LogP contribution in [0.25, 0.3) is 0 Å². The van der Waals surface area contributed by atoms with Gasteiger partial charge in [-0.15, -0.1) is 4.33 Å². The number of hydrazone groups is 1. The van der Waals surface area contributed by atoms with E-state index in [9.17, 15) is 18.0 Å². The van der Waals surface area contributed by atoms with Crippen LogP contribution in [0.2, 0.25) is 0 Å². The molecule has 0 unspecified atom stereocenters. The number of benzene rings is 2. The van der Waals surface area contributed by atoms with E-state index in [0.717, 1.165) is 0 Å². The molecule has 0 aromatic heterocycles. The topological polar surface area (TPSA) is 162 Å². The zero-order valence-electron chi connectivity index (χ0n) is 17.5. The average Bonchev–Trinajstić information content (AvgIpc) is 2.79. The first-order valence-corrected chi connectivity index (χ1v) is 11.5. The molecule has 2 rings (SSSR count). The predicted octanol–water partition coefficient (Wildman–Crippen LogP) is 2.47. The van der Waals surface area contributed by atoms with E-state index in [4.69, 9.17) is 14.2 Å². The summed E-state index contributed by atoms with van der Waals surface area (Å²) in [5.74, 6) is -1.26. The smallest absolute Gasteiger partial charge is 0.279 e. The van der Waals surface area contributed by atoms with E-state index in [1.807, 2.05) is 0 Å². The van der Waals surface area contributed by atoms with E-state index in [1.54, 1.807) is 24.3 Å². The van der Waals surface area contributed by atoms with Crippen LogP contribution >= 0.6 is 12.3 Å². The molecule has 12 nitrogen and oxygen atoms in total. The summed E-state index contributed by atoms with van der Waals surface area (Å²) in [6, 6.07) is 12.2. The van der Waals surface area contributed by atoms with E-state index in [2.05, 4.69) is 25.2 Å². The molecule has 0 spiro atoms. The number of Topliss-reactive ketones (excluding diaryl/α,β-unsaturated/α-hetero) is 1. The van der Waals surface area contributed by atoms with Crippen molar-refractivity contribution in [3.63, 3.8) is 0 Å². The lowest BCUT2D eigenvalue weighted by Gasteiger charge is -2.10. The maximum absolute atomic E-state index is 12.5. The molecule has 0 saturated carbocycles. The molecular formula is C19H21N3O9S2. The van der Waals surface area contributed by atoms with Crippen LogP contribution in [-0.2, 0) is 33.0 Å². The highest BCUT2D eigenvalue weighted by Gasteiger charge is 2.19. The molecule has 0 saturated heterocycles. The number of hydrogen-bond donors (Lipinski definition) is 3. The minimum Gasteiger partial charge on any atom is -0.495 e. The lowest BCUT2D eigenvalue weighted by Crippen LogP contribution is -2.29. The van der Waals surface area contributed by atoms with Gasteiger partial charge in [-0.3, -0.25) is 19.2 Å². The quantitative estimate of drug-likeness (QED) is 0.0927. The van der Waals surface area contributed by atoms with Crippen molar-refractivity contribution >= 4 is 50.9 Å². The Morgan fingerprint density at radius 3 is 2.45 bits per heavy atom. The van der Waals surface area contributed by atoms with Crippen LogP contribution in [0.4, 0.5) is 11.4 Å². The van der Waals surface area contributed by atoms with Crippen molar-refractivity contribution in [2.24, 2.45) is 5.10 Å². The van der Waals surface area contributed by atoms with Crippen LogP contribution in [0.1, 0.15) is 6.92 Å². The molecule has 2 aromatic rings. The van der Waals surface area contributed by atoms with Crippen molar-refractivity contribution in [2.45, 2.75) is 11.8 Å². The molecule has 14 heteroatoms. The standard InChI is InChI=1S/C19H21N3O9S2/c1-13(23)18(19(24)20-16-5-3-4-6-17(16)28-2)22-21-14-7-9-15(10-8-14)33(26,27)12-11-29-32-31-30-25/h3-10,21,25H,11-12H2,1-2H3,(H,20,24)/b22-18+. The van der Waals surface area contributed by atoms with Gasteiger partial charge in [0.1, 0.15) is 5.75 Å². The number of nitrogens with zero attached hydrogens (tertiary/aromatic N) is 1. The number of ketones is 1. The molecule has 178 valence electrons. The van der Waals surface area contributed by atoms with Gasteiger partial charge in [0.2, 0.25) is 0 Å². The number of ether oxygens (including phenoxy) is 1. The van der Waals surface area contributed by atoms with Crippen LogP contribution in [0.15, 0.2) is 58.5 Å². The molecule has 0 aliphatic carbocycles. The molecule has 2 aromatic carbocycles. The fraction of sp³-hybridized carbons (Fsp3) is 0.211. The van der Waals surface area contributed by atoms with Gasteiger partial charge in [0, 0.05) is 6.92 Å². The van der Waals surface area contributed by atoms with Crippen LogP contribution in [0, 0.1) is 0 Å². The summed E-state index contributed by atoms with van der Waals surface area (Å²) in [5, 5.41) is 17.7. The van der Waals surface area contributed by atoms with E-state index in [1.165, 1.54) is 38.3 Å². The fourth-order valence-electron chi connectivity index (χ4n) is 2.40. The monoisotopic (exact) mass is 499 g/mol. The third-order valence-electron chi connectivity index (χ3n) is 3.96. The number of para-hydroxylation sites is 2. The average molecular weight is 500 g/mol. The minimum absolute atomic E-state index is 0.0191. The number of nitrogens with one attached hydrogen (secondary N) is 2. The number of anilines is 2. The molecule has 0 aliphatic rings. The molecule has 0 bridgehead atoms. The van der Waals surface area contributed by atoms with Crippen LogP contribution < -0.4 is 15.5 Å². The van der Waals surface area contributed by atoms with Gasteiger partial charge in [-0.2, -0.15) is 5.10 Å². The lowest BCUT2D eigenvalue weighted by molar-refractivity contribution is -0.434. The Kier molecular flexibility index (Phi) is 10.2. The van der Waals surface area contributed by atoms with E-state index in [0.29, 0.717) is 17.1 Å². The Hall–Kier alpha value is -3.01. The first-order valence-electron chi connectivity index (χ1n) is 9.16.